The molecular weight excluding hydrogens is 398 g/mol. The van der Waals surface area contributed by atoms with Gasteiger partial charge < -0.3 is 10.6 Å². The fourth-order valence-corrected chi connectivity index (χ4v) is 3.02. The summed E-state index contributed by atoms with van der Waals surface area (Å²) in [5, 5.41) is 15.9. The number of nitrogens with zero attached hydrogens (tertiary/aromatic N) is 1. The molecule has 0 bridgehead atoms. The number of anilines is 1. The summed E-state index contributed by atoms with van der Waals surface area (Å²) in [5.41, 5.74) is 3.02. The number of rotatable bonds is 7. The Hall–Kier alpha value is -2.25. The number of amides is 1. The lowest BCUT2D eigenvalue weighted by molar-refractivity contribution is -0.686. The summed E-state index contributed by atoms with van der Waals surface area (Å²) < 4.78 is 1.01. The van der Waals surface area contributed by atoms with Crippen LogP contribution in [0.5, 0.6) is 0 Å². The maximum absolute atomic E-state index is 12.3. The van der Waals surface area contributed by atoms with Gasteiger partial charge in [-0.25, -0.2) is 0 Å². The van der Waals surface area contributed by atoms with Crippen LogP contribution < -0.4 is 10.6 Å². The molecule has 0 heterocycles. The first kappa shape index (κ1) is 20.1. The summed E-state index contributed by atoms with van der Waals surface area (Å²) in [6.45, 7) is 5.93. The summed E-state index contributed by atoms with van der Waals surface area (Å²) in [7, 11) is 0. The number of quaternary nitrogens is 1. The van der Waals surface area contributed by atoms with Crippen molar-refractivity contribution in [3.63, 3.8) is 0 Å². The second kappa shape index (κ2) is 8.91. The molecule has 0 saturated carbocycles. The molecule has 2 aromatic carbocycles. The average Bonchev–Trinajstić information content (AvgIpc) is 2.59. The van der Waals surface area contributed by atoms with Gasteiger partial charge in [-0.15, -0.1) is 0 Å². The highest BCUT2D eigenvalue weighted by Crippen LogP contribution is 2.27. The van der Waals surface area contributed by atoms with Crippen LogP contribution in [0.25, 0.3) is 0 Å². The van der Waals surface area contributed by atoms with Crippen molar-refractivity contribution in [3.05, 3.63) is 67.7 Å². The average molecular weight is 421 g/mol. The zero-order valence-corrected chi connectivity index (χ0v) is 16.7. The van der Waals surface area contributed by atoms with Crippen LogP contribution in [-0.2, 0) is 4.79 Å². The second-order valence-corrected chi connectivity index (χ2v) is 7.18. The predicted octanol–water partition coefficient (Wildman–Crippen LogP) is 3.63. The highest BCUT2D eigenvalue weighted by atomic mass is 79.9. The molecule has 0 spiro atoms. The molecule has 0 aliphatic carbocycles. The van der Waals surface area contributed by atoms with Crippen LogP contribution in [0, 0.1) is 24.0 Å². The number of nitrogens with one attached hydrogen (secondary N) is 1. The summed E-state index contributed by atoms with van der Waals surface area (Å²) in [5.74, 6) is -0.257. The van der Waals surface area contributed by atoms with Gasteiger partial charge in [-0.1, -0.05) is 35.0 Å². The van der Waals surface area contributed by atoms with Crippen molar-refractivity contribution in [3.8, 4) is 0 Å². The number of nitro groups is 1. The van der Waals surface area contributed by atoms with Gasteiger partial charge in [0.1, 0.15) is 11.7 Å². The van der Waals surface area contributed by atoms with Crippen LogP contribution >= 0.6 is 15.9 Å². The van der Waals surface area contributed by atoms with E-state index in [1.54, 1.807) is 6.07 Å². The van der Waals surface area contributed by atoms with Crippen molar-refractivity contribution in [2.24, 2.45) is 0 Å². The van der Waals surface area contributed by atoms with Crippen molar-refractivity contribution in [2.75, 3.05) is 11.9 Å². The molecule has 2 aromatic rings. The van der Waals surface area contributed by atoms with E-state index in [1.807, 2.05) is 43.4 Å². The highest BCUT2D eigenvalue weighted by molar-refractivity contribution is 9.10. The minimum Gasteiger partial charge on any atom is -0.332 e. The van der Waals surface area contributed by atoms with Gasteiger partial charge in [0.2, 0.25) is 0 Å². The third-order valence-corrected chi connectivity index (χ3v) is 4.94. The first-order valence-corrected chi connectivity index (χ1v) is 9.25. The molecule has 138 valence electrons. The van der Waals surface area contributed by atoms with Crippen LogP contribution in [0.15, 0.2) is 40.9 Å². The van der Waals surface area contributed by atoms with E-state index in [-0.39, 0.29) is 29.9 Å². The number of hydrogen-bond acceptors (Lipinski definition) is 3. The Morgan fingerprint density at radius 1 is 1.23 bits per heavy atom. The molecule has 7 heteroatoms. The lowest BCUT2D eigenvalue weighted by Crippen LogP contribution is -2.87. The number of hydrogen-bond donors (Lipinski definition) is 2. The van der Waals surface area contributed by atoms with E-state index in [0.29, 0.717) is 0 Å². The molecule has 0 aliphatic rings. The van der Waals surface area contributed by atoms with Crippen molar-refractivity contribution < 1.29 is 15.0 Å². The number of carbonyl (C=O) groups excluding carboxylic acids is 1. The molecule has 3 N–H and O–H groups in total. The monoisotopic (exact) mass is 420 g/mol. The molecule has 0 saturated heterocycles. The van der Waals surface area contributed by atoms with Gasteiger partial charge in [0, 0.05) is 22.5 Å². The lowest BCUT2D eigenvalue weighted by Gasteiger charge is -2.14. The van der Waals surface area contributed by atoms with Crippen LogP contribution in [0.1, 0.15) is 36.1 Å². The largest absolute Gasteiger partial charge is 0.332 e. The Balaban J connectivity index is 2.05. The minimum atomic E-state index is -0.470. The zero-order chi connectivity index (χ0) is 19.3. The van der Waals surface area contributed by atoms with E-state index in [2.05, 4.69) is 28.2 Å². The highest BCUT2D eigenvalue weighted by Gasteiger charge is 2.19. The molecule has 0 radical (unpaired) electrons. The van der Waals surface area contributed by atoms with Gasteiger partial charge in [0.15, 0.2) is 6.54 Å². The lowest BCUT2D eigenvalue weighted by atomic mass is 10.0. The molecule has 0 fully saturated rings. The van der Waals surface area contributed by atoms with Gasteiger partial charge >= 0.3 is 0 Å². The van der Waals surface area contributed by atoms with E-state index in [0.717, 1.165) is 27.6 Å². The molecule has 6 nitrogen and oxygen atoms in total. The Labute approximate surface area is 161 Å². The van der Waals surface area contributed by atoms with Gasteiger partial charge in [-0.3, -0.25) is 14.9 Å². The molecule has 0 aromatic heterocycles. The molecule has 1 atom stereocenters. The number of nitrogens with two attached hydrogens (primary N) is 1. The maximum atomic E-state index is 12.3. The zero-order valence-electron chi connectivity index (χ0n) is 15.1. The maximum Gasteiger partial charge on any atom is 0.293 e. The fourth-order valence-electron chi connectivity index (χ4n) is 2.75. The molecule has 1 amide bonds. The molecule has 0 unspecified atom stereocenters. The summed E-state index contributed by atoms with van der Waals surface area (Å²) in [6, 6.07) is 11.3. The van der Waals surface area contributed by atoms with Gasteiger partial charge in [-0.05, 0) is 43.2 Å². The number of aryl methyl sites for hydroxylation is 2. The van der Waals surface area contributed by atoms with Crippen LogP contribution in [0.2, 0.25) is 0 Å². The molecule has 26 heavy (non-hydrogen) atoms. The van der Waals surface area contributed by atoms with Gasteiger partial charge in [0.05, 0.1) is 4.92 Å². The molecule has 0 aliphatic heterocycles. The van der Waals surface area contributed by atoms with E-state index in [9.17, 15) is 14.9 Å². The summed E-state index contributed by atoms with van der Waals surface area (Å²) >= 11 is 3.42. The summed E-state index contributed by atoms with van der Waals surface area (Å²) in [4.78, 5) is 23.1. The van der Waals surface area contributed by atoms with E-state index < -0.39 is 4.92 Å². The van der Waals surface area contributed by atoms with Crippen molar-refractivity contribution in [1.82, 2.24) is 0 Å². The predicted molar refractivity (Wildman–Crippen MR) is 105 cm³/mol. The Morgan fingerprint density at radius 3 is 2.42 bits per heavy atom. The topological polar surface area (TPSA) is 88.8 Å². The second-order valence-electron chi connectivity index (χ2n) is 6.27. The van der Waals surface area contributed by atoms with Crippen molar-refractivity contribution in [2.45, 2.75) is 33.2 Å². The quantitative estimate of drug-likeness (QED) is 0.529. The Morgan fingerprint density at radius 2 is 1.85 bits per heavy atom. The number of benzene rings is 2. The van der Waals surface area contributed by atoms with Crippen LogP contribution in [0.4, 0.5) is 11.4 Å². The van der Waals surface area contributed by atoms with Crippen molar-refractivity contribution >= 4 is 33.2 Å². The minimum absolute atomic E-state index is 0.0820. The number of carbonyl (C=O) groups is 1. The SMILES string of the molecule is CC[C@H]([NH2+]CC(=O)Nc1cc(C)c(C)cc1[N+](=O)[O-])c1ccc(Br)cc1. The van der Waals surface area contributed by atoms with Crippen LogP contribution in [0.3, 0.4) is 0 Å². The smallest absolute Gasteiger partial charge is 0.293 e. The number of nitro benzene ring substituents is 1. The van der Waals surface area contributed by atoms with E-state index in [1.165, 1.54) is 6.07 Å². The van der Waals surface area contributed by atoms with E-state index in [4.69, 9.17) is 0 Å². The van der Waals surface area contributed by atoms with Gasteiger partial charge in [-0.2, -0.15) is 0 Å². The van der Waals surface area contributed by atoms with E-state index >= 15 is 0 Å². The number of halogens is 1. The third-order valence-electron chi connectivity index (χ3n) is 4.41. The Kier molecular flexibility index (Phi) is 6.88. The fraction of sp³-hybridized carbons (Fsp3) is 0.316. The van der Waals surface area contributed by atoms with Gasteiger partial charge in [0.25, 0.3) is 11.6 Å². The first-order valence-electron chi connectivity index (χ1n) is 8.46. The van der Waals surface area contributed by atoms with Crippen molar-refractivity contribution in [1.29, 1.82) is 0 Å². The van der Waals surface area contributed by atoms with Crippen LogP contribution in [-0.4, -0.2) is 17.4 Å². The standard InChI is InChI=1S/C19H22BrN3O3/c1-4-16(14-5-7-15(20)8-6-14)21-11-19(24)22-17-9-12(2)13(3)10-18(17)23(25)26/h5-10,16,21H,4,11H2,1-3H3,(H,22,24)/p+1/t16-/m0/s1. The Bertz CT molecular complexity index is 806. The molecular formula is C19H23BrN3O3+. The summed E-state index contributed by atoms with van der Waals surface area (Å²) in [6.07, 6.45) is 0.874. The third kappa shape index (κ3) is 5.12. The molecule has 2 rings (SSSR count). The normalized spacial score (nSPS) is 11.8. The first-order chi connectivity index (χ1) is 12.3.